The van der Waals surface area contributed by atoms with E-state index in [4.69, 9.17) is 16.7 Å². The van der Waals surface area contributed by atoms with Gasteiger partial charge in [-0.3, -0.25) is 9.89 Å². The molecule has 0 saturated heterocycles. The molecule has 3 unspecified atom stereocenters. The molecule has 0 spiro atoms. The standard InChI is InChI=1S/C27H28ClFN4O/c1-27-11-10-18-17-7-5-16(28)13-15(17)4-6-19(18)24(27)20(21-14-31-33-25(21)27)8-9-23(34)32-26-22(29)3-2-12-30-26/h2-3,5,7,12-14,18-20,24H,4,6,8-11H2,1H3,(H,31,33)(H,30,32,34)/t18?,19?,20-,24?,27+/m1/s1. The van der Waals surface area contributed by atoms with Crippen LogP contribution in [0.5, 0.6) is 0 Å². The SMILES string of the molecule is C[C@]12CCC3c4ccc(Cl)cc4CCC3C1[C@H](CCC(=O)Nc1ncccc1F)c1c[nH]nc12. The molecule has 0 radical (unpaired) electrons. The summed E-state index contributed by atoms with van der Waals surface area (Å²) in [6, 6.07) is 9.21. The maximum atomic E-state index is 14.0. The number of carbonyl (C=O) groups excluding carboxylic acids is 1. The number of nitrogens with zero attached hydrogens (tertiary/aromatic N) is 2. The number of aromatic nitrogens is 3. The van der Waals surface area contributed by atoms with Gasteiger partial charge in [0.15, 0.2) is 11.6 Å². The molecule has 34 heavy (non-hydrogen) atoms. The molecule has 5 atom stereocenters. The van der Waals surface area contributed by atoms with E-state index in [-0.39, 0.29) is 23.1 Å². The van der Waals surface area contributed by atoms with Crippen molar-refractivity contribution in [3.63, 3.8) is 0 Å². The van der Waals surface area contributed by atoms with Crippen LogP contribution in [-0.4, -0.2) is 21.1 Å². The second kappa shape index (κ2) is 8.19. The number of benzene rings is 1. The molecule has 0 bridgehead atoms. The summed E-state index contributed by atoms with van der Waals surface area (Å²) in [4.78, 5) is 16.7. The zero-order valence-electron chi connectivity index (χ0n) is 19.2. The van der Waals surface area contributed by atoms with Gasteiger partial charge in [0.1, 0.15) is 0 Å². The summed E-state index contributed by atoms with van der Waals surface area (Å²) in [5.74, 6) is 1.02. The molecule has 5 nitrogen and oxygen atoms in total. The number of amides is 1. The summed E-state index contributed by atoms with van der Waals surface area (Å²) in [6.45, 7) is 2.37. The quantitative estimate of drug-likeness (QED) is 0.474. The number of aryl methyl sites for hydroxylation is 1. The zero-order valence-corrected chi connectivity index (χ0v) is 19.9. The van der Waals surface area contributed by atoms with Crippen LogP contribution in [0.25, 0.3) is 0 Å². The molecule has 176 valence electrons. The van der Waals surface area contributed by atoms with E-state index in [1.54, 1.807) is 0 Å². The van der Waals surface area contributed by atoms with Gasteiger partial charge in [0.2, 0.25) is 5.91 Å². The topological polar surface area (TPSA) is 70.7 Å². The van der Waals surface area contributed by atoms with E-state index in [0.29, 0.717) is 30.6 Å². The largest absolute Gasteiger partial charge is 0.308 e. The predicted octanol–water partition coefficient (Wildman–Crippen LogP) is 6.13. The fraction of sp³-hybridized carbons (Fsp3) is 0.444. The zero-order chi connectivity index (χ0) is 23.4. The van der Waals surface area contributed by atoms with Gasteiger partial charge in [-0.1, -0.05) is 24.6 Å². The second-order valence-corrected chi connectivity index (χ2v) is 10.8. The van der Waals surface area contributed by atoms with Crippen molar-refractivity contribution in [2.45, 2.75) is 62.7 Å². The maximum absolute atomic E-state index is 14.0. The van der Waals surface area contributed by atoms with Crippen LogP contribution in [-0.2, 0) is 16.6 Å². The monoisotopic (exact) mass is 478 g/mol. The van der Waals surface area contributed by atoms with Gasteiger partial charge in [-0.15, -0.1) is 0 Å². The molecular weight excluding hydrogens is 451 g/mol. The van der Waals surface area contributed by atoms with Crippen molar-refractivity contribution >= 4 is 23.3 Å². The van der Waals surface area contributed by atoms with Crippen LogP contribution < -0.4 is 5.32 Å². The third-order valence-corrected chi connectivity index (χ3v) is 8.92. The molecule has 2 N–H and O–H groups in total. The highest BCUT2D eigenvalue weighted by Gasteiger charge is 2.58. The smallest absolute Gasteiger partial charge is 0.225 e. The first kappa shape index (κ1) is 21.8. The molecule has 7 heteroatoms. The lowest BCUT2D eigenvalue weighted by Crippen LogP contribution is -2.44. The molecular formula is C27H28ClFN4O. The van der Waals surface area contributed by atoms with Gasteiger partial charge in [-0.05, 0) is 96.7 Å². The van der Waals surface area contributed by atoms with Crippen molar-refractivity contribution in [1.29, 1.82) is 0 Å². The molecule has 2 aromatic heterocycles. The first-order valence-corrected chi connectivity index (χ1v) is 12.6. The molecule has 3 aliphatic rings. The number of pyridine rings is 1. The molecule has 1 fully saturated rings. The number of halogens is 2. The van der Waals surface area contributed by atoms with Crippen LogP contribution in [0.2, 0.25) is 5.02 Å². The maximum Gasteiger partial charge on any atom is 0.225 e. The van der Waals surface area contributed by atoms with Crippen molar-refractivity contribution in [2.75, 3.05) is 5.32 Å². The van der Waals surface area contributed by atoms with E-state index in [1.807, 2.05) is 12.3 Å². The fourth-order valence-electron chi connectivity index (χ4n) is 7.35. The summed E-state index contributed by atoms with van der Waals surface area (Å²) >= 11 is 6.29. The molecule has 2 heterocycles. The van der Waals surface area contributed by atoms with Crippen LogP contribution in [0.15, 0.2) is 42.7 Å². The van der Waals surface area contributed by atoms with E-state index < -0.39 is 5.82 Å². The number of rotatable bonds is 4. The average Bonchev–Trinajstić information content (AvgIpc) is 3.40. The molecule has 0 aliphatic heterocycles. The van der Waals surface area contributed by atoms with E-state index in [1.165, 1.54) is 40.7 Å². The summed E-state index contributed by atoms with van der Waals surface area (Å²) in [5.41, 5.74) is 5.29. The van der Waals surface area contributed by atoms with Gasteiger partial charge < -0.3 is 5.32 Å². The Labute approximate surface area is 203 Å². The third kappa shape index (κ3) is 3.37. The van der Waals surface area contributed by atoms with Gasteiger partial charge in [-0.2, -0.15) is 5.10 Å². The number of fused-ring (bicyclic) bond motifs is 7. The number of hydrogen-bond acceptors (Lipinski definition) is 3. The van der Waals surface area contributed by atoms with Gasteiger partial charge in [-0.25, -0.2) is 9.37 Å². The van der Waals surface area contributed by atoms with Crippen LogP contribution in [0, 0.1) is 17.7 Å². The highest BCUT2D eigenvalue weighted by Crippen LogP contribution is 2.64. The Morgan fingerprint density at radius 2 is 2.18 bits per heavy atom. The average molecular weight is 479 g/mol. The molecule has 3 aliphatic carbocycles. The van der Waals surface area contributed by atoms with Crippen molar-refractivity contribution in [2.24, 2.45) is 11.8 Å². The first-order chi connectivity index (χ1) is 16.5. The number of aromatic amines is 1. The first-order valence-electron chi connectivity index (χ1n) is 12.2. The van der Waals surface area contributed by atoms with Gasteiger partial charge in [0, 0.05) is 29.3 Å². The van der Waals surface area contributed by atoms with Crippen molar-refractivity contribution in [3.05, 3.63) is 75.9 Å². The summed E-state index contributed by atoms with van der Waals surface area (Å²) in [6.07, 6.45) is 8.95. The van der Waals surface area contributed by atoms with Crippen molar-refractivity contribution in [3.8, 4) is 0 Å². The molecule has 1 saturated carbocycles. The Bertz CT molecular complexity index is 1260. The van der Waals surface area contributed by atoms with Gasteiger partial charge in [0.05, 0.1) is 5.69 Å². The summed E-state index contributed by atoms with van der Waals surface area (Å²) in [5, 5.41) is 11.3. The Balaban J connectivity index is 1.27. The van der Waals surface area contributed by atoms with E-state index in [2.05, 4.69) is 34.5 Å². The highest BCUT2D eigenvalue weighted by atomic mass is 35.5. The molecule has 3 aromatic rings. The summed E-state index contributed by atoms with van der Waals surface area (Å²) in [7, 11) is 0. The number of anilines is 1. The van der Waals surface area contributed by atoms with Crippen LogP contribution in [0.3, 0.4) is 0 Å². The number of hydrogen-bond donors (Lipinski definition) is 2. The highest BCUT2D eigenvalue weighted by molar-refractivity contribution is 6.30. The molecule has 1 aromatic carbocycles. The lowest BCUT2D eigenvalue weighted by Gasteiger charge is -2.50. The van der Waals surface area contributed by atoms with E-state index in [0.717, 1.165) is 30.7 Å². The minimum absolute atomic E-state index is 0.00645. The van der Waals surface area contributed by atoms with Crippen LogP contribution in [0.4, 0.5) is 10.2 Å². The molecule has 1 amide bonds. The summed E-state index contributed by atoms with van der Waals surface area (Å²) < 4.78 is 14.0. The van der Waals surface area contributed by atoms with Crippen molar-refractivity contribution in [1.82, 2.24) is 15.2 Å². The predicted molar refractivity (Wildman–Crippen MR) is 129 cm³/mol. The number of carbonyl (C=O) groups is 1. The van der Waals surface area contributed by atoms with Crippen molar-refractivity contribution < 1.29 is 9.18 Å². The number of H-pyrrole nitrogens is 1. The lowest BCUT2D eigenvalue weighted by atomic mass is 9.53. The van der Waals surface area contributed by atoms with E-state index >= 15 is 0 Å². The Kier molecular flexibility index (Phi) is 5.25. The van der Waals surface area contributed by atoms with E-state index in [9.17, 15) is 9.18 Å². The Morgan fingerprint density at radius 3 is 3.03 bits per heavy atom. The molecule has 6 rings (SSSR count). The second-order valence-electron chi connectivity index (χ2n) is 10.4. The minimum Gasteiger partial charge on any atom is -0.308 e. The van der Waals surface area contributed by atoms with Gasteiger partial charge >= 0.3 is 0 Å². The number of nitrogens with one attached hydrogen (secondary N) is 2. The fourth-order valence-corrected chi connectivity index (χ4v) is 7.54. The Hall–Kier alpha value is -2.73. The third-order valence-electron chi connectivity index (χ3n) is 8.68. The van der Waals surface area contributed by atoms with Crippen LogP contribution in [0.1, 0.15) is 73.2 Å². The minimum atomic E-state index is -0.516. The van der Waals surface area contributed by atoms with Gasteiger partial charge in [0.25, 0.3) is 0 Å². The lowest BCUT2D eigenvalue weighted by molar-refractivity contribution is -0.116. The normalized spacial score (nSPS) is 29.0. The Morgan fingerprint density at radius 1 is 1.29 bits per heavy atom. The van der Waals surface area contributed by atoms with Crippen LogP contribution >= 0.6 is 11.6 Å².